The van der Waals surface area contributed by atoms with E-state index in [-0.39, 0.29) is 0 Å². The van der Waals surface area contributed by atoms with Crippen LogP contribution in [0, 0.1) is 5.92 Å². The van der Waals surface area contributed by atoms with Crippen molar-refractivity contribution in [1.82, 2.24) is 4.98 Å². The first kappa shape index (κ1) is 10.6. The highest BCUT2D eigenvalue weighted by molar-refractivity contribution is 6.30. The van der Waals surface area contributed by atoms with Crippen molar-refractivity contribution in [3.05, 3.63) is 17.3 Å². The Labute approximate surface area is 95.2 Å². The van der Waals surface area contributed by atoms with Crippen molar-refractivity contribution < 1.29 is 0 Å². The molecule has 1 saturated heterocycles. The van der Waals surface area contributed by atoms with Gasteiger partial charge in [0.2, 0.25) is 0 Å². The lowest BCUT2D eigenvalue weighted by atomic mass is 10.1. The lowest BCUT2D eigenvalue weighted by Gasteiger charge is -2.23. The third-order valence-corrected chi connectivity index (χ3v) is 3.12. The molecule has 0 aliphatic carbocycles. The zero-order chi connectivity index (χ0) is 11.0. The molecular formula is C11H16ClN3. The molecule has 82 valence electrons. The van der Waals surface area contributed by atoms with Crippen LogP contribution in [0.5, 0.6) is 0 Å². The Balaban J connectivity index is 2.29. The minimum absolute atomic E-state index is 0.510. The van der Waals surface area contributed by atoms with Gasteiger partial charge in [0.05, 0.1) is 10.7 Å². The Morgan fingerprint density at radius 2 is 2.27 bits per heavy atom. The SMILES string of the molecule is CC1CC(C)N(c2ncc(Cl)cc2N)C1. The highest BCUT2D eigenvalue weighted by Gasteiger charge is 2.28. The number of rotatable bonds is 1. The number of hydrogen-bond acceptors (Lipinski definition) is 3. The predicted molar refractivity (Wildman–Crippen MR) is 64.2 cm³/mol. The Bertz CT molecular complexity index is 367. The normalized spacial score (nSPS) is 25.9. The fraction of sp³-hybridized carbons (Fsp3) is 0.545. The average Bonchev–Trinajstić information content (AvgIpc) is 2.45. The largest absolute Gasteiger partial charge is 0.396 e. The number of nitrogen functional groups attached to an aromatic ring is 1. The smallest absolute Gasteiger partial charge is 0.152 e. The van der Waals surface area contributed by atoms with Gasteiger partial charge in [0.25, 0.3) is 0 Å². The van der Waals surface area contributed by atoms with Crippen molar-refractivity contribution in [3.8, 4) is 0 Å². The molecule has 0 bridgehead atoms. The van der Waals surface area contributed by atoms with E-state index in [9.17, 15) is 0 Å². The fourth-order valence-electron chi connectivity index (χ4n) is 2.28. The highest BCUT2D eigenvalue weighted by atomic mass is 35.5. The summed E-state index contributed by atoms with van der Waals surface area (Å²) in [6, 6.07) is 2.27. The van der Waals surface area contributed by atoms with Gasteiger partial charge in [-0.15, -0.1) is 0 Å². The molecule has 2 unspecified atom stereocenters. The minimum Gasteiger partial charge on any atom is -0.396 e. The van der Waals surface area contributed by atoms with Crippen molar-refractivity contribution in [2.24, 2.45) is 5.92 Å². The number of nitrogens with two attached hydrogens (primary N) is 1. The van der Waals surface area contributed by atoms with E-state index >= 15 is 0 Å². The van der Waals surface area contributed by atoms with Gasteiger partial charge < -0.3 is 10.6 Å². The van der Waals surface area contributed by atoms with Crippen molar-refractivity contribution in [3.63, 3.8) is 0 Å². The maximum absolute atomic E-state index is 5.92. The number of hydrogen-bond donors (Lipinski definition) is 1. The Kier molecular flexibility index (Phi) is 2.74. The van der Waals surface area contributed by atoms with Gasteiger partial charge in [0.15, 0.2) is 5.82 Å². The van der Waals surface area contributed by atoms with E-state index in [1.54, 1.807) is 12.3 Å². The van der Waals surface area contributed by atoms with Crippen LogP contribution in [0.4, 0.5) is 11.5 Å². The van der Waals surface area contributed by atoms with Crippen LogP contribution in [0.1, 0.15) is 20.3 Å². The first-order valence-corrected chi connectivity index (χ1v) is 5.63. The van der Waals surface area contributed by atoms with Crippen LogP contribution in [0.3, 0.4) is 0 Å². The first-order chi connectivity index (χ1) is 7.08. The minimum atomic E-state index is 0.510. The number of pyridine rings is 1. The van der Waals surface area contributed by atoms with Crippen LogP contribution in [-0.4, -0.2) is 17.6 Å². The van der Waals surface area contributed by atoms with Gasteiger partial charge in [-0.1, -0.05) is 18.5 Å². The third kappa shape index (κ3) is 2.02. The number of aromatic nitrogens is 1. The molecule has 2 rings (SSSR count). The lowest BCUT2D eigenvalue weighted by Crippen LogP contribution is -2.28. The van der Waals surface area contributed by atoms with E-state index in [4.69, 9.17) is 17.3 Å². The monoisotopic (exact) mass is 225 g/mol. The van der Waals surface area contributed by atoms with E-state index in [0.29, 0.717) is 22.7 Å². The van der Waals surface area contributed by atoms with Gasteiger partial charge in [0, 0.05) is 18.8 Å². The Hall–Kier alpha value is -0.960. The second-order valence-corrected chi connectivity index (χ2v) is 4.85. The molecule has 15 heavy (non-hydrogen) atoms. The van der Waals surface area contributed by atoms with Crippen LogP contribution >= 0.6 is 11.6 Å². The molecule has 0 spiro atoms. The highest BCUT2D eigenvalue weighted by Crippen LogP contribution is 2.31. The van der Waals surface area contributed by atoms with E-state index < -0.39 is 0 Å². The molecule has 1 aromatic rings. The van der Waals surface area contributed by atoms with Crippen molar-refractivity contribution in [2.45, 2.75) is 26.3 Å². The molecule has 1 aromatic heterocycles. The maximum atomic E-state index is 5.92. The van der Waals surface area contributed by atoms with E-state index in [0.717, 1.165) is 12.4 Å². The van der Waals surface area contributed by atoms with Crippen LogP contribution in [0.15, 0.2) is 12.3 Å². The number of anilines is 2. The topological polar surface area (TPSA) is 42.2 Å². The predicted octanol–water partition coefficient (Wildman–Crippen LogP) is 2.55. The van der Waals surface area contributed by atoms with Crippen molar-refractivity contribution in [2.75, 3.05) is 17.2 Å². The molecule has 0 aromatic carbocycles. The van der Waals surface area contributed by atoms with Crippen LogP contribution in [-0.2, 0) is 0 Å². The van der Waals surface area contributed by atoms with E-state index in [1.165, 1.54) is 6.42 Å². The molecule has 3 nitrogen and oxygen atoms in total. The van der Waals surface area contributed by atoms with Crippen molar-refractivity contribution in [1.29, 1.82) is 0 Å². The van der Waals surface area contributed by atoms with Gasteiger partial charge >= 0.3 is 0 Å². The molecule has 0 radical (unpaired) electrons. The van der Waals surface area contributed by atoms with E-state index in [2.05, 4.69) is 23.7 Å². The van der Waals surface area contributed by atoms with Gasteiger partial charge in [0.1, 0.15) is 0 Å². The van der Waals surface area contributed by atoms with Crippen molar-refractivity contribution >= 4 is 23.1 Å². The van der Waals surface area contributed by atoms with Crippen LogP contribution < -0.4 is 10.6 Å². The Morgan fingerprint density at radius 1 is 1.53 bits per heavy atom. The van der Waals surface area contributed by atoms with E-state index in [1.807, 2.05) is 0 Å². The summed E-state index contributed by atoms with van der Waals surface area (Å²) in [6.07, 6.45) is 2.85. The number of nitrogens with zero attached hydrogens (tertiary/aromatic N) is 2. The summed E-state index contributed by atoms with van der Waals surface area (Å²) in [5, 5.41) is 0.594. The van der Waals surface area contributed by atoms with Crippen LogP contribution in [0.25, 0.3) is 0 Å². The van der Waals surface area contributed by atoms with Crippen LogP contribution in [0.2, 0.25) is 5.02 Å². The van der Waals surface area contributed by atoms with Gasteiger partial charge in [-0.3, -0.25) is 0 Å². The van der Waals surface area contributed by atoms with Gasteiger partial charge in [-0.2, -0.15) is 0 Å². The summed E-state index contributed by atoms with van der Waals surface area (Å²) >= 11 is 5.83. The molecule has 0 amide bonds. The lowest BCUT2D eigenvalue weighted by molar-refractivity contribution is 0.625. The van der Waals surface area contributed by atoms with Gasteiger partial charge in [-0.05, 0) is 25.3 Å². The molecule has 2 atom stereocenters. The zero-order valence-corrected chi connectivity index (χ0v) is 9.83. The summed E-state index contributed by atoms with van der Waals surface area (Å²) in [5.74, 6) is 1.58. The molecular weight excluding hydrogens is 210 g/mol. The quantitative estimate of drug-likeness (QED) is 0.799. The second kappa shape index (κ2) is 3.89. The molecule has 1 fully saturated rings. The summed E-state index contributed by atoms with van der Waals surface area (Å²) in [6.45, 7) is 5.49. The Morgan fingerprint density at radius 3 is 2.80 bits per heavy atom. The average molecular weight is 226 g/mol. The third-order valence-electron chi connectivity index (χ3n) is 2.92. The summed E-state index contributed by atoms with van der Waals surface area (Å²) in [4.78, 5) is 6.57. The second-order valence-electron chi connectivity index (χ2n) is 4.41. The summed E-state index contributed by atoms with van der Waals surface area (Å²) in [5.41, 5.74) is 6.59. The van der Waals surface area contributed by atoms with Gasteiger partial charge in [-0.25, -0.2) is 4.98 Å². The molecule has 1 aliphatic rings. The summed E-state index contributed by atoms with van der Waals surface area (Å²) < 4.78 is 0. The number of halogens is 1. The summed E-state index contributed by atoms with van der Waals surface area (Å²) in [7, 11) is 0. The molecule has 0 saturated carbocycles. The maximum Gasteiger partial charge on any atom is 0.152 e. The molecule has 2 N–H and O–H groups in total. The standard InChI is InChI=1S/C11H16ClN3/c1-7-3-8(2)15(6-7)11-10(13)4-9(12)5-14-11/h4-5,7-8H,3,6,13H2,1-2H3. The zero-order valence-electron chi connectivity index (χ0n) is 9.07. The molecule has 2 heterocycles. The molecule has 4 heteroatoms. The molecule has 1 aliphatic heterocycles. The first-order valence-electron chi connectivity index (χ1n) is 5.25. The fourth-order valence-corrected chi connectivity index (χ4v) is 2.45.